The van der Waals surface area contributed by atoms with Crippen LogP contribution >= 0.6 is 34.5 Å². The fourth-order valence-electron chi connectivity index (χ4n) is 3.26. The first kappa shape index (κ1) is 20.9. The molecular formula is C17H20Cl2N4O4S. The summed E-state index contributed by atoms with van der Waals surface area (Å²) in [4.78, 5) is 33.1. The molecule has 3 heterocycles. The number of halogens is 2. The lowest BCUT2D eigenvalue weighted by molar-refractivity contribution is 0.0701. The van der Waals surface area contributed by atoms with E-state index in [1.165, 1.54) is 6.20 Å². The Balaban J connectivity index is 1.71. The van der Waals surface area contributed by atoms with Gasteiger partial charge in [0.2, 0.25) is 0 Å². The van der Waals surface area contributed by atoms with Gasteiger partial charge in [0.05, 0.1) is 22.8 Å². The number of thiazole rings is 1. The first-order valence-corrected chi connectivity index (χ1v) is 10.2. The van der Waals surface area contributed by atoms with Crippen LogP contribution in [-0.2, 0) is 4.74 Å². The molecule has 1 fully saturated rings. The summed E-state index contributed by atoms with van der Waals surface area (Å²) in [6.07, 6.45) is 2.02. The minimum Gasteiger partial charge on any atom is -0.477 e. The maximum absolute atomic E-state index is 12.7. The van der Waals surface area contributed by atoms with Gasteiger partial charge >= 0.3 is 5.97 Å². The number of piperidine rings is 1. The van der Waals surface area contributed by atoms with Crippen molar-refractivity contribution in [2.75, 3.05) is 31.7 Å². The van der Waals surface area contributed by atoms with Crippen LogP contribution in [0.3, 0.4) is 0 Å². The maximum Gasteiger partial charge on any atom is 0.347 e. The zero-order valence-corrected chi connectivity index (χ0v) is 17.6. The van der Waals surface area contributed by atoms with Gasteiger partial charge in [-0.1, -0.05) is 34.5 Å². The molecule has 0 saturated carbocycles. The zero-order valence-electron chi connectivity index (χ0n) is 15.3. The summed E-state index contributed by atoms with van der Waals surface area (Å²) in [6.45, 7) is 3.41. The Morgan fingerprint density at radius 1 is 1.46 bits per heavy atom. The number of aromatic amines is 1. The van der Waals surface area contributed by atoms with Crippen molar-refractivity contribution in [1.82, 2.24) is 15.3 Å². The van der Waals surface area contributed by atoms with Gasteiger partial charge in [0.25, 0.3) is 5.91 Å². The molecule has 0 spiro atoms. The zero-order chi connectivity index (χ0) is 20.4. The van der Waals surface area contributed by atoms with Crippen LogP contribution in [0.15, 0.2) is 6.20 Å². The number of aromatic nitrogens is 2. The SMILES string of the molecule is COCC1CN(c2ncc(C(=O)O)s2)CCC1NC(=O)c1[nH]c(C)c(Cl)c1Cl. The van der Waals surface area contributed by atoms with Crippen LogP contribution in [0.5, 0.6) is 0 Å². The highest BCUT2D eigenvalue weighted by molar-refractivity contribution is 7.17. The number of carboxylic acids is 1. The van der Waals surface area contributed by atoms with Gasteiger partial charge in [-0.2, -0.15) is 0 Å². The van der Waals surface area contributed by atoms with Gasteiger partial charge in [-0.3, -0.25) is 4.79 Å². The number of hydrogen-bond donors (Lipinski definition) is 3. The van der Waals surface area contributed by atoms with Gasteiger partial charge in [-0.05, 0) is 13.3 Å². The molecule has 152 valence electrons. The third-order valence-electron chi connectivity index (χ3n) is 4.69. The molecule has 3 rings (SSSR count). The lowest BCUT2D eigenvalue weighted by Gasteiger charge is -2.38. The number of carboxylic acid groups (broad SMARTS) is 1. The molecule has 8 nitrogen and oxygen atoms in total. The molecule has 1 amide bonds. The summed E-state index contributed by atoms with van der Waals surface area (Å²) in [5.74, 6) is -1.30. The number of nitrogens with one attached hydrogen (secondary N) is 2. The number of methoxy groups -OCH3 is 1. The average molecular weight is 447 g/mol. The van der Waals surface area contributed by atoms with Gasteiger partial charge in [0, 0.05) is 37.9 Å². The Morgan fingerprint density at radius 3 is 2.79 bits per heavy atom. The Bertz CT molecular complexity index is 885. The largest absolute Gasteiger partial charge is 0.477 e. The second kappa shape index (κ2) is 8.69. The number of aromatic carboxylic acids is 1. The second-order valence-electron chi connectivity index (χ2n) is 6.60. The molecule has 0 aromatic carbocycles. The van der Waals surface area contributed by atoms with E-state index in [4.69, 9.17) is 33.0 Å². The molecule has 2 aromatic heterocycles. The van der Waals surface area contributed by atoms with Crippen molar-refractivity contribution in [3.05, 3.63) is 32.5 Å². The Labute approximate surface area is 175 Å². The number of carbonyl (C=O) groups is 2. The third-order valence-corrected chi connectivity index (χ3v) is 6.68. The Kier molecular flexibility index (Phi) is 6.49. The highest BCUT2D eigenvalue weighted by Gasteiger charge is 2.33. The number of ether oxygens (including phenoxy) is 1. The predicted molar refractivity (Wildman–Crippen MR) is 108 cm³/mol. The van der Waals surface area contributed by atoms with Crippen molar-refractivity contribution in [3.63, 3.8) is 0 Å². The van der Waals surface area contributed by atoms with E-state index in [-0.39, 0.29) is 33.5 Å². The minimum absolute atomic E-state index is 0.00480. The van der Waals surface area contributed by atoms with Crippen molar-refractivity contribution >= 4 is 51.5 Å². The molecule has 1 aliphatic heterocycles. The van der Waals surface area contributed by atoms with Gasteiger partial charge in [0.15, 0.2) is 5.13 Å². The molecule has 2 atom stereocenters. The highest BCUT2D eigenvalue weighted by Crippen LogP contribution is 2.30. The van der Waals surface area contributed by atoms with Gasteiger partial charge in [-0.15, -0.1) is 0 Å². The summed E-state index contributed by atoms with van der Waals surface area (Å²) >= 11 is 13.3. The quantitative estimate of drug-likeness (QED) is 0.629. The topological polar surface area (TPSA) is 108 Å². The van der Waals surface area contributed by atoms with Crippen molar-refractivity contribution in [2.45, 2.75) is 19.4 Å². The standard InChI is InChI=1S/C17H20Cl2N4O4S/c1-8-12(18)13(19)14(21-8)15(24)22-10-3-4-23(6-9(10)7-27-2)17-20-5-11(28-17)16(25)26/h5,9-10,21H,3-4,6-7H2,1-2H3,(H,22,24)(H,25,26). The van der Waals surface area contributed by atoms with Crippen LogP contribution in [0.4, 0.5) is 5.13 Å². The normalized spacial score (nSPS) is 19.6. The summed E-state index contributed by atoms with van der Waals surface area (Å²) in [5, 5.41) is 13.3. The van der Waals surface area contributed by atoms with Crippen molar-refractivity contribution in [2.24, 2.45) is 5.92 Å². The number of amides is 1. The molecule has 28 heavy (non-hydrogen) atoms. The summed E-state index contributed by atoms with van der Waals surface area (Å²) in [6, 6.07) is -0.124. The molecule has 3 N–H and O–H groups in total. The molecule has 11 heteroatoms. The number of anilines is 1. The van der Waals surface area contributed by atoms with Gasteiger partial charge in [-0.25, -0.2) is 9.78 Å². The van der Waals surface area contributed by atoms with Crippen molar-refractivity contribution < 1.29 is 19.4 Å². The number of aryl methyl sites for hydroxylation is 1. The van der Waals surface area contributed by atoms with Crippen molar-refractivity contribution in [1.29, 1.82) is 0 Å². The molecule has 1 aliphatic rings. The Morgan fingerprint density at radius 2 is 2.21 bits per heavy atom. The number of hydrogen-bond acceptors (Lipinski definition) is 6. The van der Waals surface area contributed by atoms with Gasteiger partial charge < -0.3 is 25.0 Å². The second-order valence-corrected chi connectivity index (χ2v) is 8.36. The Hall–Kier alpha value is -1.81. The molecule has 1 saturated heterocycles. The molecular weight excluding hydrogens is 427 g/mol. The van der Waals surface area contributed by atoms with E-state index in [9.17, 15) is 9.59 Å². The fraction of sp³-hybridized carbons (Fsp3) is 0.471. The van der Waals surface area contributed by atoms with E-state index in [0.29, 0.717) is 42.0 Å². The minimum atomic E-state index is -0.990. The van der Waals surface area contributed by atoms with Crippen molar-refractivity contribution in [3.8, 4) is 0 Å². The molecule has 0 aliphatic carbocycles. The average Bonchev–Trinajstić information content (AvgIpc) is 3.25. The first-order chi connectivity index (χ1) is 13.3. The summed E-state index contributed by atoms with van der Waals surface area (Å²) < 4.78 is 5.33. The predicted octanol–water partition coefficient (Wildman–Crippen LogP) is 3.06. The summed E-state index contributed by atoms with van der Waals surface area (Å²) in [5.41, 5.74) is 0.881. The van der Waals surface area contributed by atoms with Crippen LogP contribution in [0.25, 0.3) is 0 Å². The van der Waals surface area contributed by atoms with E-state index in [0.717, 1.165) is 11.3 Å². The smallest absolute Gasteiger partial charge is 0.347 e. The van der Waals surface area contributed by atoms with E-state index in [1.54, 1.807) is 14.0 Å². The van der Waals surface area contributed by atoms with Crippen LogP contribution in [0.1, 0.15) is 32.3 Å². The number of rotatable bonds is 6. The third kappa shape index (κ3) is 4.27. The van der Waals surface area contributed by atoms with E-state index < -0.39 is 5.97 Å². The van der Waals surface area contributed by atoms with E-state index >= 15 is 0 Å². The number of carbonyl (C=O) groups excluding carboxylic acids is 1. The van der Waals surface area contributed by atoms with Gasteiger partial charge in [0.1, 0.15) is 10.6 Å². The van der Waals surface area contributed by atoms with E-state index in [2.05, 4.69) is 15.3 Å². The number of nitrogens with zero attached hydrogens (tertiary/aromatic N) is 2. The first-order valence-electron chi connectivity index (χ1n) is 8.59. The molecule has 0 bridgehead atoms. The van der Waals surface area contributed by atoms with E-state index in [1.807, 2.05) is 4.90 Å². The van der Waals surface area contributed by atoms with Crippen LogP contribution in [-0.4, -0.2) is 59.8 Å². The highest BCUT2D eigenvalue weighted by atomic mass is 35.5. The molecule has 0 radical (unpaired) electrons. The lowest BCUT2D eigenvalue weighted by atomic mass is 9.92. The molecule has 2 unspecified atom stereocenters. The molecule has 2 aromatic rings. The number of H-pyrrole nitrogens is 1. The maximum atomic E-state index is 12.7. The van der Waals surface area contributed by atoms with Crippen LogP contribution in [0.2, 0.25) is 10.0 Å². The lowest BCUT2D eigenvalue weighted by Crippen LogP contribution is -2.52. The van der Waals surface area contributed by atoms with Crippen LogP contribution in [0, 0.1) is 12.8 Å². The monoisotopic (exact) mass is 446 g/mol. The summed E-state index contributed by atoms with van der Waals surface area (Å²) in [7, 11) is 1.61. The van der Waals surface area contributed by atoms with Crippen LogP contribution < -0.4 is 10.2 Å². The fourth-order valence-corrected chi connectivity index (χ4v) is 4.46.